The van der Waals surface area contributed by atoms with Gasteiger partial charge in [-0.3, -0.25) is 0 Å². The number of aryl methyl sites for hydroxylation is 2. The Balaban J connectivity index is 1.93. The van der Waals surface area contributed by atoms with Crippen LogP contribution in [0, 0.1) is 5.41 Å². The van der Waals surface area contributed by atoms with Crippen LogP contribution < -0.4 is 5.32 Å². The van der Waals surface area contributed by atoms with Gasteiger partial charge < -0.3 is 5.32 Å². The molecule has 0 heterocycles. The van der Waals surface area contributed by atoms with E-state index in [0.717, 1.165) is 6.42 Å². The second-order valence-electron chi connectivity index (χ2n) is 6.58. The molecule has 1 fully saturated rings. The zero-order chi connectivity index (χ0) is 14.3. The molecule has 1 aromatic carbocycles. The predicted octanol–water partition coefficient (Wildman–Crippen LogP) is 4.74. The average molecular weight is 273 g/mol. The quantitative estimate of drug-likeness (QED) is 0.756. The highest BCUT2D eigenvalue weighted by molar-refractivity contribution is 5.22. The molecule has 1 N–H and O–H groups in total. The van der Waals surface area contributed by atoms with E-state index in [-0.39, 0.29) is 0 Å². The van der Waals surface area contributed by atoms with Gasteiger partial charge in [-0.1, -0.05) is 50.5 Å². The summed E-state index contributed by atoms with van der Waals surface area (Å²) >= 11 is 0. The predicted molar refractivity (Wildman–Crippen MR) is 88.2 cm³/mol. The maximum Gasteiger partial charge on any atom is -0.00466 e. The van der Waals surface area contributed by atoms with Crippen LogP contribution in [0.1, 0.15) is 63.0 Å². The first-order valence-corrected chi connectivity index (χ1v) is 8.50. The molecule has 1 nitrogen and oxygen atoms in total. The molecule has 2 rings (SSSR count). The van der Waals surface area contributed by atoms with Crippen molar-refractivity contribution in [3.8, 4) is 0 Å². The molecule has 0 atom stereocenters. The van der Waals surface area contributed by atoms with E-state index in [1.807, 2.05) is 0 Å². The molecule has 0 saturated heterocycles. The summed E-state index contributed by atoms with van der Waals surface area (Å²) in [4.78, 5) is 0. The molecular formula is C19H31N. The fraction of sp³-hybridized carbons (Fsp3) is 0.684. The van der Waals surface area contributed by atoms with Crippen molar-refractivity contribution in [3.05, 3.63) is 35.4 Å². The fourth-order valence-electron chi connectivity index (χ4n) is 3.67. The van der Waals surface area contributed by atoms with E-state index in [1.165, 1.54) is 69.0 Å². The molecule has 0 aromatic heterocycles. The monoisotopic (exact) mass is 273 g/mol. The molecule has 20 heavy (non-hydrogen) atoms. The number of nitrogens with one attached hydrogen (secondary N) is 1. The lowest BCUT2D eigenvalue weighted by Gasteiger charge is -2.38. The minimum absolute atomic E-state index is 0.616. The molecule has 0 unspecified atom stereocenters. The molecule has 1 aromatic rings. The van der Waals surface area contributed by atoms with Gasteiger partial charge in [0.1, 0.15) is 0 Å². The van der Waals surface area contributed by atoms with Gasteiger partial charge in [0, 0.05) is 0 Å². The van der Waals surface area contributed by atoms with E-state index in [1.54, 1.807) is 0 Å². The molecule has 1 aliphatic rings. The molecule has 1 saturated carbocycles. The maximum absolute atomic E-state index is 3.35. The van der Waals surface area contributed by atoms with Gasteiger partial charge in [0.05, 0.1) is 0 Å². The van der Waals surface area contributed by atoms with Crippen molar-refractivity contribution in [2.75, 3.05) is 13.6 Å². The second kappa shape index (κ2) is 7.83. The Morgan fingerprint density at radius 1 is 0.950 bits per heavy atom. The van der Waals surface area contributed by atoms with Crippen molar-refractivity contribution >= 4 is 0 Å². The summed E-state index contributed by atoms with van der Waals surface area (Å²) < 4.78 is 0. The molecule has 112 valence electrons. The van der Waals surface area contributed by atoms with Crippen LogP contribution >= 0.6 is 0 Å². The van der Waals surface area contributed by atoms with Crippen molar-refractivity contribution in [1.29, 1.82) is 0 Å². The first kappa shape index (κ1) is 15.6. The third-order valence-corrected chi connectivity index (χ3v) is 5.19. The summed E-state index contributed by atoms with van der Waals surface area (Å²) in [6.45, 7) is 3.40. The number of hydrogen-bond donors (Lipinski definition) is 1. The molecule has 0 spiro atoms. The van der Waals surface area contributed by atoms with E-state index < -0.39 is 0 Å². The first-order valence-electron chi connectivity index (χ1n) is 8.50. The second-order valence-corrected chi connectivity index (χ2v) is 6.58. The third kappa shape index (κ3) is 4.34. The van der Waals surface area contributed by atoms with E-state index in [2.05, 4.69) is 43.6 Å². The smallest absolute Gasteiger partial charge is 0.00466 e. The lowest BCUT2D eigenvalue weighted by Crippen LogP contribution is -2.28. The van der Waals surface area contributed by atoms with Gasteiger partial charge in [0.15, 0.2) is 0 Å². The Bertz CT molecular complexity index is 373. The summed E-state index contributed by atoms with van der Waals surface area (Å²) in [7, 11) is 2.08. The molecule has 0 bridgehead atoms. The van der Waals surface area contributed by atoms with Crippen LogP contribution in [0.15, 0.2) is 24.3 Å². The average Bonchev–Trinajstić information content (AvgIpc) is 2.52. The van der Waals surface area contributed by atoms with Crippen molar-refractivity contribution < 1.29 is 0 Å². The lowest BCUT2D eigenvalue weighted by molar-refractivity contribution is 0.157. The molecule has 0 radical (unpaired) electrons. The highest BCUT2D eigenvalue weighted by Crippen LogP contribution is 2.42. The minimum atomic E-state index is 0.616. The Hall–Kier alpha value is -0.820. The van der Waals surface area contributed by atoms with Crippen LogP contribution in [0.25, 0.3) is 0 Å². The van der Waals surface area contributed by atoms with E-state index in [9.17, 15) is 0 Å². The third-order valence-electron chi connectivity index (χ3n) is 5.19. The number of hydrogen-bond acceptors (Lipinski definition) is 1. The maximum atomic E-state index is 3.35. The molecule has 0 aliphatic heterocycles. The summed E-state index contributed by atoms with van der Waals surface area (Å²) in [6.07, 6.45) is 12.4. The zero-order valence-electron chi connectivity index (χ0n) is 13.4. The van der Waals surface area contributed by atoms with E-state index in [4.69, 9.17) is 0 Å². The Labute approximate surface area is 125 Å². The SMILES string of the molecule is CCc1ccc(CCC2(CCNC)CCCCC2)cc1. The number of rotatable bonds is 7. The zero-order valence-corrected chi connectivity index (χ0v) is 13.4. The van der Waals surface area contributed by atoms with Crippen molar-refractivity contribution in [1.82, 2.24) is 5.32 Å². The first-order chi connectivity index (χ1) is 9.78. The molecule has 1 aliphatic carbocycles. The summed E-state index contributed by atoms with van der Waals surface area (Å²) in [5.41, 5.74) is 3.60. The van der Waals surface area contributed by atoms with Crippen molar-refractivity contribution in [3.63, 3.8) is 0 Å². The Morgan fingerprint density at radius 2 is 1.60 bits per heavy atom. The highest BCUT2D eigenvalue weighted by Gasteiger charge is 2.30. The summed E-state index contributed by atoms with van der Waals surface area (Å²) in [5, 5.41) is 3.35. The summed E-state index contributed by atoms with van der Waals surface area (Å²) in [6, 6.07) is 9.29. The van der Waals surface area contributed by atoms with Crippen molar-refractivity contribution in [2.45, 2.75) is 64.7 Å². The normalized spacial score (nSPS) is 18.1. The van der Waals surface area contributed by atoms with Gasteiger partial charge in [-0.25, -0.2) is 0 Å². The van der Waals surface area contributed by atoms with Crippen molar-refractivity contribution in [2.24, 2.45) is 5.41 Å². The van der Waals surface area contributed by atoms with Crippen LogP contribution in [-0.2, 0) is 12.8 Å². The number of benzene rings is 1. The molecule has 0 amide bonds. The van der Waals surface area contributed by atoms with Crippen LogP contribution in [0.3, 0.4) is 0 Å². The Kier molecular flexibility index (Phi) is 6.09. The van der Waals surface area contributed by atoms with Crippen LogP contribution in [0.4, 0.5) is 0 Å². The van der Waals surface area contributed by atoms with Gasteiger partial charge in [-0.05, 0) is 68.7 Å². The highest BCUT2D eigenvalue weighted by atomic mass is 14.8. The van der Waals surface area contributed by atoms with Crippen LogP contribution in [0.5, 0.6) is 0 Å². The van der Waals surface area contributed by atoms with Gasteiger partial charge in [0.25, 0.3) is 0 Å². The lowest BCUT2D eigenvalue weighted by atomic mass is 9.68. The van der Waals surface area contributed by atoms with Gasteiger partial charge in [-0.2, -0.15) is 0 Å². The molecule has 1 heteroatoms. The van der Waals surface area contributed by atoms with Gasteiger partial charge >= 0.3 is 0 Å². The topological polar surface area (TPSA) is 12.0 Å². The largest absolute Gasteiger partial charge is 0.320 e. The summed E-state index contributed by atoms with van der Waals surface area (Å²) in [5.74, 6) is 0. The van der Waals surface area contributed by atoms with Crippen LogP contribution in [0.2, 0.25) is 0 Å². The van der Waals surface area contributed by atoms with Gasteiger partial charge in [-0.15, -0.1) is 0 Å². The Morgan fingerprint density at radius 3 is 2.20 bits per heavy atom. The van der Waals surface area contributed by atoms with E-state index >= 15 is 0 Å². The minimum Gasteiger partial charge on any atom is -0.320 e. The van der Waals surface area contributed by atoms with Gasteiger partial charge in [0.2, 0.25) is 0 Å². The standard InChI is InChI=1S/C19H31N/c1-3-17-7-9-18(10-8-17)11-14-19(15-16-20-2)12-5-4-6-13-19/h7-10,20H,3-6,11-16H2,1-2H3. The van der Waals surface area contributed by atoms with E-state index in [0.29, 0.717) is 5.41 Å². The fourth-order valence-corrected chi connectivity index (χ4v) is 3.67. The molecular weight excluding hydrogens is 242 g/mol. The van der Waals surface area contributed by atoms with Crippen LogP contribution in [-0.4, -0.2) is 13.6 Å².